The monoisotopic (exact) mass is 358 g/mol. The minimum Gasteiger partial charge on any atom is -0.494 e. The predicted octanol–water partition coefficient (Wildman–Crippen LogP) is 5.88. The van der Waals surface area contributed by atoms with Gasteiger partial charge in [0.05, 0.1) is 11.4 Å². The second kappa shape index (κ2) is 6.65. The van der Waals surface area contributed by atoms with Gasteiger partial charge in [0.15, 0.2) is 0 Å². The number of alkyl halides is 1. The quantitative estimate of drug-likeness (QED) is 0.619. The molecule has 0 aromatic heterocycles. The van der Waals surface area contributed by atoms with Crippen LogP contribution < -0.4 is 4.74 Å². The van der Waals surface area contributed by atoms with Gasteiger partial charge in [-0.25, -0.2) is 0 Å². The summed E-state index contributed by atoms with van der Waals surface area (Å²) < 4.78 is 5.64. The number of benzene rings is 2. The highest BCUT2D eigenvalue weighted by atomic mass is 79.9. The molecule has 0 spiro atoms. The second-order valence-corrected chi connectivity index (χ2v) is 5.76. The van der Waals surface area contributed by atoms with Crippen molar-refractivity contribution in [3.05, 3.63) is 63.6 Å². The van der Waals surface area contributed by atoms with E-state index in [-0.39, 0.29) is 4.83 Å². The summed E-state index contributed by atoms with van der Waals surface area (Å²) in [5, 5.41) is 1.34. The van der Waals surface area contributed by atoms with Crippen LogP contribution >= 0.6 is 39.1 Å². The number of para-hydroxylation sites is 1. The van der Waals surface area contributed by atoms with Crippen molar-refractivity contribution >= 4 is 39.1 Å². The molecule has 0 N–H and O–H groups in total. The minimum absolute atomic E-state index is 0.0542. The van der Waals surface area contributed by atoms with Gasteiger partial charge in [0, 0.05) is 15.6 Å². The Morgan fingerprint density at radius 3 is 2.58 bits per heavy atom. The summed E-state index contributed by atoms with van der Waals surface area (Å²) in [5.41, 5.74) is 1.97. The largest absolute Gasteiger partial charge is 0.494 e. The van der Waals surface area contributed by atoms with Crippen molar-refractivity contribution in [2.45, 2.75) is 11.8 Å². The van der Waals surface area contributed by atoms with Gasteiger partial charge in [-0.1, -0.05) is 57.3 Å². The zero-order valence-electron chi connectivity index (χ0n) is 10.4. The second-order valence-electron chi connectivity index (χ2n) is 4.00. The zero-order chi connectivity index (χ0) is 13.8. The van der Waals surface area contributed by atoms with E-state index in [0.717, 1.165) is 16.9 Å². The topological polar surface area (TPSA) is 9.23 Å². The van der Waals surface area contributed by atoms with Gasteiger partial charge in [-0.15, -0.1) is 0 Å². The smallest absolute Gasteiger partial charge is 0.123 e. The van der Waals surface area contributed by atoms with E-state index in [1.165, 1.54) is 0 Å². The van der Waals surface area contributed by atoms with Gasteiger partial charge in [-0.05, 0) is 36.8 Å². The van der Waals surface area contributed by atoms with Crippen LogP contribution in [0.1, 0.15) is 22.9 Å². The van der Waals surface area contributed by atoms with Gasteiger partial charge >= 0.3 is 0 Å². The molecule has 0 amide bonds. The Morgan fingerprint density at radius 1 is 1.11 bits per heavy atom. The van der Waals surface area contributed by atoms with Crippen LogP contribution in [0.25, 0.3) is 0 Å². The van der Waals surface area contributed by atoms with Crippen molar-refractivity contribution < 1.29 is 4.74 Å². The normalized spacial score (nSPS) is 12.2. The van der Waals surface area contributed by atoms with Crippen molar-refractivity contribution in [2.24, 2.45) is 0 Å². The molecule has 0 aliphatic heterocycles. The average Bonchev–Trinajstić information content (AvgIpc) is 2.42. The third kappa shape index (κ3) is 3.44. The minimum atomic E-state index is -0.0542. The lowest BCUT2D eigenvalue weighted by atomic mass is 10.0. The number of ether oxygens (including phenoxy) is 1. The summed E-state index contributed by atoms with van der Waals surface area (Å²) in [5.74, 6) is 0.850. The first-order valence-corrected chi connectivity index (χ1v) is 7.61. The third-order valence-electron chi connectivity index (χ3n) is 2.72. The molecule has 0 saturated carbocycles. The fraction of sp³-hybridized carbons (Fsp3) is 0.200. The van der Waals surface area contributed by atoms with Crippen molar-refractivity contribution in [2.75, 3.05) is 6.61 Å². The van der Waals surface area contributed by atoms with E-state index in [9.17, 15) is 0 Å². The van der Waals surface area contributed by atoms with Crippen LogP contribution in [0.5, 0.6) is 5.75 Å². The highest BCUT2D eigenvalue weighted by molar-refractivity contribution is 9.09. The zero-order valence-corrected chi connectivity index (χ0v) is 13.5. The maximum atomic E-state index is 6.24. The van der Waals surface area contributed by atoms with Crippen LogP contribution in [-0.4, -0.2) is 6.61 Å². The molecular weight excluding hydrogens is 347 g/mol. The van der Waals surface area contributed by atoms with Crippen molar-refractivity contribution in [3.8, 4) is 5.75 Å². The Kier molecular flexibility index (Phi) is 5.14. The van der Waals surface area contributed by atoms with Gasteiger partial charge in [-0.3, -0.25) is 0 Å². The molecule has 2 aromatic rings. The molecule has 19 heavy (non-hydrogen) atoms. The summed E-state index contributed by atoms with van der Waals surface area (Å²) in [7, 11) is 0. The van der Waals surface area contributed by atoms with Crippen LogP contribution in [0.2, 0.25) is 10.0 Å². The van der Waals surface area contributed by atoms with Gasteiger partial charge in [0.1, 0.15) is 5.75 Å². The fourth-order valence-electron chi connectivity index (χ4n) is 1.85. The molecule has 0 heterocycles. The molecule has 1 unspecified atom stereocenters. The molecule has 0 fully saturated rings. The molecule has 2 rings (SSSR count). The standard InChI is InChI=1S/C15H13BrCl2O/c1-2-19-14-6-4-3-5-11(14)15(16)12-9-10(17)7-8-13(12)18/h3-9,15H,2H2,1H3. The van der Waals surface area contributed by atoms with Crippen molar-refractivity contribution in [3.63, 3.8) is 0 Å². The average molecular weight is 360 g/mol. The van der Waals surface area contributed by atoms with Crippen LogP contribution in [0.15, 0.2) is 42.5 Å². The van der Waals surface area contributed by atoms with Gasteiger partial charge in [0.25, 0.3) is 0 Å². The highest BCUT2D eigenvalue weighted by Crippen LogP contribution is 2.40. The van der Waals surface area contributed by atoms with E-state index in [1.54, 1.807) is 12.1 Å². The molecule has 1 nitrogen and oxygen atoms in total. The van der Waals surface area contributed by atoms with Crippen LogP contribution in [0.3, 0.4) is 0 Å². The van der Waals surface area contributed by atoms with Crippen molar-refractivity contribution in [1.82, 2.24) is 0 Å². The molecule has 100 valence electrons. The summed E-state index contributed by atoms with van der Waals surface area (Å²) in [4.78, 5) is -0.0542. The lowest BCUT2D eigenvalue weighted by Crippen LogP contribution is -2.00. The van der Waals surface area contributed by atoms with E-state index in [2.05, 4.69) is 15.9 Å². The molecular formula is C15H13BrCl2O. The SMILES string of the molecule is CCOc1ccccc1C(Br)c1cc(Cl)ccc1Cl. The Balaban J connectivity index is 2.43. The van der Waals surface area contributed by atoms with E-state index >= 15 is 0 Å². The summed E-state index contributed by atoms with van der Waals surface area (Å²) in [6, 6.07) is 13.3. The lowest BCUT2D eigenvalue weighted by Gasteiger charge is -2.16. The van der Waals surface area contributed by atoms with Gasteiger partial charge in [0.2, 0.25) is 0 Å². The van der Waals surface area contributed by atoms with Crippen LogP contribution in [0.4, 0.5) is 0 Å². The van der Waals surface area contributed by atoms with E-state index in [1.807, 2.05) is 37.3 Å². The number of halogens is 3. The van der Waals surface area contributed by atoms with Gasteiger partial charge < -0.3 is 4.74 Å². The number of hydrogen-bond donors (Lipinski definition) is 0. The number of rotatable bonds is 4. The predicted molar refractivity (Wildman–Crippen MR) is 84.8 cm³/mol. The first-order chi connectivity index (χ1) is 9.13. The third-order valence-corrected chi connectivity index (χ3v) is 4.29. The maximum absolute atomic E-state index is 6.24. The molecule has 0 aliphatic carbocycles. The molecule has 1 atom stereocenters. The van der Waals surface area contributed by atoms with E-state index in [0.29, 0.717) is 16.7 Å². The Morgan fingerprint density at radius 2 is 1.84 bits per heavy atom. The lowest BCUT2D eigenvalue weighted by molar-refractivity contribution is 0.337. The van der Waals surface area contributed by atoms with Crippen LogP contribution in [0, 0.1) is 0 Å². The fourth-order valence-corrected chi connectivity index (χ4v) is 3.15. The molecule has 0 saturated heterocycles. The maximum Gasteiger partial charge on any atom is 0.123 e. The summed E-state index contributed by atoms with van der Waals surface area (Å²) >= 11 is 16.0. The Bertz CT molecular complexity index is 572. The first kappa shape index (κ1) is 14.7. The molecule has 0 aliphatic rings. The Labute approximate surface area is 131 Å². The molecule has 4 heteroatoms. The van der Waals surface area contributed by atoms with E-state index < -0.39 is 0 Å². The number of hydrogen-bond acceptors (Lipinski definition) is 1. The summed E-state index contributed by atoms with van der Waals surface area (Å²) in [6.45, 7) is 2.59. The van der Waals surface area contributed by atoms with Gasteiger partial charge in [-0.2, -0.15) is 0 Å². The first-order valence-electron chi connectivity index (χ1n) is 5.94. The van der Waals surface area contributed by atoms with Crippen LogP contribution in [-0.2, 0) is 0 Å². The molecule has 2 aromatic carbocycles. The van der Waals surface area contributed by atoms with Crippen molar-refractivity contribution in [1.29, 1.82) is 0 Å². The van der Waals surface area contributed by atoms with E-state index in [4.69, 9.17) is 27.9 Å². The molecule has 0 radical (unpaired) electrons. The highest BCUT2D eigenvalue weighted by Gasteiger charge is 2.18. The molecule has 0 bridgehead atoms. The Hall–Kier alpha value is -0.700. The summed E-state index contributed by atoms with van der Waals surface area (Å²) in [6.07, 6.45) is 0.